The van der Waals surface area contributed by atoms with Gasteiger partial charge in [0, 0.05) is 12.8 Å². The number of esters is 3. The molecule has 0 saturated heterocycles. The minimum absolute atomic E-state index is 0.0644. The third-order valence-corrected chi connectivity index (χ3v) is 13.6. The highest BCUT2D eigenvalue weighted by atomic mass is 31.2. The molecule has 0 bridgehead atoms. The van der Waals surface area contributed by atoms with Gasteiger partial charge >= 0.3 is 25.7 Å². The summed E-state index contributed by atoms with van der Waals surface area (Å²) in [5.74, 6) is -1.62. The lowest BCUT2D eigenvalue weighted by atomic mass is 10.0. The number of aliphatic hydroxyl groups excluding tert-OH is 1. The molecule has 0 aromatic carbocycles. The van der Waals surface area contributed by atoms with Gasteiger partial charge in [0.1, 0.15) is 12.7 Å². The van der Waals surface area contributed by atoms with Gasteiger partial charge in [-0.15, -0.1) is 0 Å². The average Bonchev–Trinajstić information content (AvgIpc) is 3.39. The number of phosphoric acid groups is 1. The van der Waals surface area contributed by atoms with E-state index in [2.05, 4.69) is 75.5 Å². The number of hydrogen-bond donors (Lipinski definition) is 2. The van der Waals surface area contributed by atoms with Gasteiger partial charge in [0.15, 0.2) is 6.10 Å². The first-order chi connectivity index (χ1) is 36.2. The number of allylic oxidation sites excluding steroid dienone is 11. The molecule has 0 saturated carbocycles. The highest BCUT2D eigenvalue weighted by Gasteiger charge is 2.28. The van der Waals surface area contributed by atoms with E-state index >= 15 is 0 Å². The molecule has 2 N–H and O–H groups in total. The number of rotatable bonds is 55. The summed E-state index contributed by atoms with van der Waals surface area (Å²) in [4.78, 5) is 48.5. The van der Waals surface area contributed by atoms with Gasteiger partial charge in [0.2, 0.25) is 0 Å². The quantitative estimate of drug-likeness (QED) is 0.0197. The number of phosphoric ester groups is 1. The van der Waals surface area contributed by atoms with Crippen molar-refractivity contribution in [2.75, 3.05) is 26.4 Å². The lowest BCUT2D eigenvalue weighted by molar-refractivity contribution is -0.160. The molecular weight excluding hydrogens is 952 g/mol. The monoisotopic (exact) mass is 1060 g/mol. The van der Waals surface area contributed by atoms with Crippen molar-refractivity contribution in [2.24, 2.45) is 0 Å². The van der Waals surface area contributed by atoms with Crippen LogP contribution in [0.1, 0.15) is 265 Å². The van der Waals surface area contributed by atoms with Gasteiger partial charge in [-0.05, 0) is 70.6 Å². The van der Waals surface area contributed by atoms with Crippen molar-refractivity contribution >= 4 is 25.7 Å². The molecule has 3 unspecified atom stereocenters. The van der Waals surface area contributed by atoms with E-state index in [-0.39, 0.29) is 25.9 Å². The molecule has 0 amide bonds. The maximum absolute atomic E-state index is 12.9. The van der Waals surface area contributed by atoms with Crippen molar-refractivity contribution in [1.29, 1.82) is 0 Å². The Bertz CT molecular complexity index is 1520. The molecule has 0 radical (unpaired) electrons. The smallest absolute Gasteiger partial charge is 0.462 e. The topological polar surface area (TPSA) is 155 Å². The second kappa shape index (κ2) is 56.1. The summed E-state index contributed by atoms with van der Waals surface area (Å²) in [5, 5.41) is 9.81. The zero-order valence-corrected chi connectivity index (χ0v) is 48.2. The van der Waals surface area contributed by atoms with Crippen molar-refractivity contribution in [1.82, 2.24) is 0 Å². The van der Waals surface area contributed by atoms with Gasteiger partial charge in [-0.1, -0.05) is 248 Å². The van der Waals surface area contributed by atoms with E-state index in [0.29, 0.717) is 19.3 Å². The van der Waals surface area contributed by atoms with Gasteiger partial charge < -0.3 is 24.2 Å². The maximum Gasteiger partial charge on any atom is 0.472 e. The molecular formula is C62H109O11P. The molecule has 12 heteroatoms. The fourth-order valence-electron chi connectivity index (χ4n) is 8.13. The summed E-state index contributed by atoms with van der Waals surface area (Å²) < 4.78 is 39.4. The number of hydrogen-bond acceptors (Lipinski definition) is 10. The van der Waals surface area contributed by atoms with Gasteiger partial charge in [0.05, 0.1) is 26.2 Å². The molecule has 11 nitrogen and oxygen atoms in total. The van der Waals surface area contributed by atoms with Crippen LogP contribution in [0.3, 0.4) is 0 Å². The molecule has 0 heterocycles. The molecule has 3 atom stereocenters. The molecule has 0 aromatic rings. The average molecular weight is 1060 g/mol. The zero-order valence-electron chi connectivity index (χ0n) is 47.3. The van der Waals surface area contributed by atoms with E-state index < -0.39 is 57.8 Å². The first-order valence-electron chi connectivity index (χ1n) is 29.8. The van der Waals surface area contributed by atoms with Crippen molar-refractivity contribution in [2.45, 2.75) is 277 Å². The SMILES string of the molecule is CC/C=C\C/C=C\C/C=C\C/C=C\C/C=C\CC(=O)OC(COC(=O)CCCCCCCCCCCCCCCCCCCCC)COP(=O)(O)OCC(CO)OC(=O)CCCCCCC/C=C\CCCCCC. The van der Waals surface area contributed by atoms with Crippen LogP contribution in [0.5, 0.6) is 0 Å². The van der Waals surface area contributed by atoms with Crippen molar-refractivity contribution in [3.05, 3.63) is 72.9 Å². The fraction of sp³-hybridized carbons (Fsp3) is 0.758. The number of unbranched alkanes of at least 4 members (excludes halogenated alkanes) is 27. The summed E-state index contributed by atoms with van der Waals surface area (Å²) in [5.41, 5.74) is 0. The van der Waals surface area contributed by atoms with E-state index in [0.717, 1.165) is 83.5 Å². The second-order valence-electron chi connectivity index (χ2n) is 19.8. The summed E-state index contributed by atoms with van der Waals surface area (Å²) in [7, 11) is -4.77. The molecule has 0 spiro atoms. The van der Waals surface area contributed by atoms with Crippen LogP contribution in [-0.4, -0.2) is 66.5 Å². The zero-order chi connectivity index (χ0) is 54.1. The highest BCUT2D eigenvalue weighted by Crippen LogP contribution is 2.43. The number of carbonyl (C=O) groups excluding carboxylic acids is 3. The van der Waals surface area contributed by atoms with Crippen LogP contribution in [0.15, 0.2) is 72.9 Å². The van der Waals surface area contributed by atoms with Crippen LogP contribution in [0.2, 0.25) is 0 Å². The van der Waals surface area contributed by atoms with Crippen LogP contribution >= 0.6 is 7.82 Å². The summed E-state index contributed by atoms with van der Waals surface area (Å²) >= 11 is 0. The molecule has 0 aliphatic rings. The highest BCUT2D eigenvalue weighted by molar-refractivity contribution is 7.47. The minimum atomic E-state index is -4.77. The molecule has 74 heavy (non-hydrogen) atoms. The van der Waals surface area contributed by atoms with Crippen LogP contribution in [-0.2, 0) is 42.2 Å². The van der Waals surface area contributed by atoms with Gasteiger partial charge in [-0.3, -0.25) is 23.4 Å². The summed E-state index contributed by atoms with van der Waals surface area (Å²) in [6.07, 6.45) is 63.3. The van der Waals surface area contributed by atoms with Crippen LogP contribution < -0.4 is 0 Å². The lowest BCUT2D eigenvalue weighted by Crippen LogP contribution is -2.30. The van der Waals surface area contributed by atoms with E-state index in [9.17, 15) is 28.9 Å². The van der Waals surface area contributed by atoms with Crippen molar-refractivity contribution in [3.8, 4) is 0 Å². The Balaban J connectivity index is 4.77. The molecule has 0 aromatic heterocycles. The molecule has 0 aliphatic heterocycles. The third-order valence-electron chi connectivity index (χ3n) is 12.6. The summed E-state index contributed by atoms with van der Waals surface area (Å²) in [6, 6.07) is 0. The number of carbonyl (C=O) groups is 3. The van der Waals surface area contributed by atoms with Crippen LogP contribution in [0.25, 0.3) is 0 Å². The predicted molar refractivity (Wildman–Crippen MR) is 307 cm³/mol. The Hall–Kier alpha value is -3.08. The van der Waals surface area contributed by atoms with E-state index in [4.69, 9.17) is 23.3 Å². The van der Waals surface area contributed by atoms with Crippen molar-refractivity contribution < 1.29 is 52.2 Å². The normalized spacial score (nSPS) is 13.9. The second-order valence-corrected chi connectivity index (χ2v) is 21.3. The van der Waals surface area contributed by atoms with Crippen molar-refractivity contribution in [3.63, 3.8) is 0 Å². The van der Waals surface area contributed by atoms with E-state index in [1.165, 1.54) is 122 Å². The van der Waals surface area contributed by atoms with Crippen LogP contribution in [0, 0.1) is 0 Å². The Kier molecular flexibility index (Phi) is 53.8. The lowest BCUT2D eigenvalue weighted by Gasteiger charge is -2.21. The molecule has 428 valence electrons. The Morgan fingerprint density at radius 1 is 0.405 bits per heavy atom. The Morgan fingerprint density at radius 2 is 0.757 bits per heavy atom. The van der Waals surface area contributed by atoms with Gasteiger partial charge in [-0.25, -0.2) is 4.57 Å². The largest absolute Gasteiger partial charge is 0.472 e. The van der Waals surface area contributed by atoms with E-state index in [1.807, 2.05) is 12.2 Å². The van der Waals surface area contributed by atoms with Gasteiger partial charge in [0.25, 0.3) is 0 Å². The van der Waals surface area contributed by atoms with Crippen LogP contribution in [0.4, 0.5) is 0 Å². The first kappa shape index (κ1) is 70.9. The molecule has 0 aliphatic carbocycles. The Labute approximate surface area is 452 Å². The number of ether oxygens (including phenoxy) is 3. The molecule has 0 fully saturated rings. The summed E-state index contributed by atoms with van der Waals surface area (Å²) in [6.45, 7) is 4.42. The number of aliphatic hydroxyl groups is 1. The fourth-order valence-corrected chi connectivity index (χ4v) is 8.92. The predicted octanol–water partition coefficient (Wildman–Crippen LogP) is 17.7. The maximum atomic E-state index is 12.9. The first-order valence-corrected chi connectivity index (χ1v) is 31.3. The standard InChI is InChI=1S/C62H109O11P/c1-4-7-10-13-16-19-22-25-27-28-29-30-32-34-36-39-42-45-48-51-60(64)69-55-59(73-62(66)53-50-47-44-41-38-35-31-26-23-20-17-14-11-8-5-2)57-71-74(67,68)70-56-58(54-63)72-61(65)52-49-46-43-40-37-33-24-21-18-15-12-9-6-3/h8,11,17,20-21,24,26,31,38,41,47,50,58-59,63H,4-7,9-10,12-16,18-19,22-23,25,27-30,32-37,39-40,42-46,48-49,51-57H2,1-3H3,(H,67,68)/b11-8-,20-17-,24-21-,31-26-,41-38-,50-47-. The minimum Gasteiger partial charge on any atom is -0.462 e. The van der Waals surface area contributed by atoms with Gasteiger partial charge in [-0.2, -0.15) is 0 Å². The molecule has 0 rings (SSSR count). The van der Waals surface area contributed by atoms with E-state index in [1.54, 1.807) is 6.08 Å². The Morgan fingerprint density at radius 3 is 1.19 bits per heavy atom. The third kappa shape index (κ3) is 53.7.